The number of hydrogen-bond acceptors (Lipinski definition) is 3. The Labute approximate surface area is 110 Å². The van der Waals surface area contributed by atoms with Crippen molar-refractivity contribution in [1.29, 1.82) is 0 Å². The van der Waals surface area contributed by atoms with E-state index in [1.165, 1.54) is 6.20 Å². The molecule has 0 aliphatic rings. The molecule has 0 saturated carbocycles. The van der Waals surface area contributed by atoms with Crippen molar-refractivity contribution in [3.8, 4) is 0 Å². The van der Waals surface area contributed by atoms with Crippen molar-refractivity contribution >= 4 is 28.9 Å². The highest BCUT2D eigenvalue weighted by Gasteiger charge is 2.10. The third-order valence-corrected chi connectivity index (χ3v) is 2.81. The number of amides is 1. The van der Waals surface area contributed by atoms with Crippen LogP contribution in [0.25, 0.3) is 0 Å². The van der Waals surface area contributed by atoms with Gasteiger partial charge in [0, 0.05) is 23.1 Å². The summed E-state index contributed by atoms with van der Waals surface area (Å²) in [7, 11) is 0. The van der Waals surface area contributed by atoms with Gasteiger partial charge in [-0.2, -0.15) is 0 Å². The van der Waals surface area contributed by atoms with Gasteiger partial charge in [0.1, 0.15) is 5.15 Å². The highest BCUT2D eigenvalue weighted by molar-refractivity contribution is 6.29. The zero-order valence-corrected chi connectivity index (χ0v) is 10.5. The highest BCUT2D eigenvalue weighted by atomic mass is 35.5. The number of carbonyl (C=O) groups is 1. The van der Waals surface area contributed by atoms with Crippen molar-refractivity contribution < 1.29 is 4.79 Å². The number of anilines is 2. The summed E-state index contributed by atoms with van der Waals surface area (Å²) in [5.41, 5.74) is 8.26. The Kier molecular flexibility index (Phi) is 3.48. The second-order valence-electron chi connectivity index (χ2n) is 3.84. The lowest BCUT2D eigenvalue weighted by Crippen LogP contribution is -2.14. The van der Waals surface area contributed by atoms with Crippen LogP contribution in [0.1, 0.15) is 15.9 Å². The average Bonchev–Trinajstić information content (AvgIpc) is 2.32. The summed E-state index contributed by atoms with van der Waals surface area (Å²) >= 11 is 5.75. The molecule has 1 aromatic carbocycles. The van der Waals surface area contributed by atoms with Crippen molar-refractivity contribution in [3.05, 3.63) is 52.8 Å². The van der Waals surface area contributed by atoms with Crippen LogP contribution in [0.15, 0.2) is 36.5 Å². The predicted molar refractivity (Wildman–Crippen MR) is 72.8 cm³/mol. The summed E-state index contributed by atoms with van der Waals surface area (Å²) in [5, 5.41) is 3.08. The zero-order valence-electron chi connectivity index (χ0n) is 9.77. The molecule has 2 aromatic rings. The van der Waals surface area contributed by atoms with E-state index in [4.69, 9.17) is 17.3 Å². The Morgan fingerprint density at radius 3 is 2.89 bits per heavy atom. The summed E-state index contributed by atoms with van der Waals surface area (Å²) in [5.74, 6) is -0.220. The van der Waals surface area contributed by atoms with Crippen LogP contribution in [0.2, 0.25) is 5.15 Å². The molecule has 0 saturated heterocycles. The van der Waals surface area contributed by atoms with E-state index >= 15 is 0 Å². The third-order valence-electron chi connectivity index (χ3n) is 2.60. The number of nitrogens with two attached hydrogens (primary N) is 1. The molecule has 4 nitrogen and oxygen atoms in total. The topological polar surface area (TPSA) is 68.0 Å². The van der Waals surface area contributed by atoms with E-state index in [1.807, 2.05) is 6.92 Å². The van der Waals surface area contributed by atoms with Crippen LogP contribution >= 0.6 is 11.6 Å². The fourth-order valence-electron chi connectivity index (χ4n) is 1.58. The molecular formula is C13H12ClN3O. The molecule has 0 bridgehead atoms. The van der Waals surface area contributed by atoms with Crippen molar-refractivity contribution in [3.63, 3.8) is 0 Å². The Morgan fingerprint density at radius 2 is 2.17 bits per heavy atom. The molecule has 18 heavy (non-hydrogen) atoms. The summed E-state index contributed by atoms with van der Waals surface area (Å²) in [6, 6.07) is 8.49. The van der Waals surface area contributed by atoms with Gasteiger partial charge in [0.25, 0.3) is 5.91 Å². The first-order chi connectivity index (χ1) is 8.58. The van der Waals surface area contributed by atoms with Gasteiger partial charge in [-0.3, -0.25) is 4.79 Å². The minimum atomic E-state index is -0.220. The maximum atomic E-state index is 12.1. The van der Waals surface area contributed by atoms with Crippen molar-refractivity contribution in [2.75, 3.05) is 11.1 Å². The number of nitrogen functional groups attached to an aromatic ring is 1. The van der Waals surface area contributed by atoms with Crippen LogP contribution in [-0.2, 0) is 0 Å². The van der Waals surface area contributed by atoms with Gasteiger partial charge >= 0.3 is 0 Å². The number of nitrogens with one attached hydrogen (secondary N) is 1. The maximum Gasteiger partial charge on any atom is 0.256 e. The van der Waals surface area contributed by atoms with Gasteiger partial charge in [0.05, 0.1) is 0 Å². The molecule has 0 fully saturated rings. The van der Waals surface area contributed by atoms with E-state index < -0.39 is 0 Å². The zero-order chi connectivity index (χ0) is 13.1. The first-order valence-corrected chi connectivity index (χ1v) is 5.73. The molecule has 92 valence electrons. The molecule has 0 radical (unpaired) electrons. The van der Waals surface area contributed by atoms with E-state index in [1.54, 1.807) is 30.3 Å². The molecule has 3 N–H and O–H groups in total. The van der Waals surface area contributed by atoms with Crippen LogP contribution in [0, 0.1) is 6.92 Å². The van der Waals surface area contributed by atoms with Gasteiger partial charge in [-0.1, -0.05) is 17.7 Å². The van der Waals surface area contributed by atoms with E-state index in [0.717, 1.165) is 5.56 Å². The molecule has 0 atom stereocenters. The number of rotatable bonds is 2. The Hall–Kier alpha value is -2.07. The molecule has 0 aliphatic heterocycles. The number of nitrogens with zero attached hydrogens (tertiary/aromatic N) is 1. The lowest BCUT2D eigenvalue weighted by molar-refractivity contribution is 0.102. The van der Waals surface area contributed by atoms with Crippen LogP contribution in [0.5, 0.6) is 0 Å². The summed E-state index contributed by atoms with van der Waals surface area (Å²) in [6.07, 6.45) is 1.53. The summed E-state index contributed by atoms with van der Waals surface area (Å²) in [4.78, 5) is 15.9. The lowest BCUT2D eigenvalue weighted by atomic mass is 10.1. The smallest absolute Gasteiger partial charge is 0.256 e. The summed E-state index contributed by atoms with van der Waals surface area (Å²) in [6.45, 7) is 1.81. The Balaban J connectivity index is 2.25. The molecule has 0 unspecified atom stereocenters. The standard InChI is InChI=1S/C13H12ClN3O/c1-8-10(3-2-4-11(8)15)13(18)17-9-5-6-16-12(14)7-9/h2-7H,15H2,1H3,(H,16,17,18). The van der Waals surface area contributed by atoms with Gasteiger partial charge < -0.3 is 11.1 Å². The molecule has 0 spiro atoms. The minimum Gasteiger partial charge on any atom is -0.398 e. The van der Waals surface area contributed by atoms with Crippen molar-refractivity contribution in [1.82, 2.24) is 4.98 Å². The maximum absolute atomic E-state index is 12.1. The molecule has 1 heterocycles. The monoisotopic (exact) mass is 261 g/mol. The third kappa shape index (κ3) is 2.60. The SMILES string of the molecule is Cc1c(N)cccc1C(=O)Nc1ccnc(Cl)c1. The number of aromatic nitrogens is 1. The van der Waals surface area contributed by atoms with Crippen molar-refractivity contribution in [2.45, 2.75) is 6.92 Å². The fraction of sp³-hybridized carbons (Fsp3) is 0.0769. The van der Waals surface area contributed by atoms with Crippen LogP contribution in [0.3, 0.4) is 0 Å². The van der Waals surface area contributed by atoms with Gasteiger partial charge in [-0.05, 0) is 36.8 Å². The second-order valence-corrected chi connectivity index (χ2v) is 4.23. The number of pyridine rings is 1. The molecule has 1 amide bonds. The van der Waals surface area contributed by atoms with Crippen LogP contribution < -0.4 is 11.1 Å². The van der Waals surface area contributed by atoms with Gasteiger partial charge in [-0.25, -0.2) is 4.98 Å². The number of benzene rings is 1. The minimum absolute atomic E-state index is 0.220. The largest absolute Gasteiger partial charge is 0.398 e. The Bertz CT molecular complexity index is 599. The molecule has 2 rings (SSSR count). The molecule has 1 aromatic heterocycles. The normalized spacial score (nSPS) is 10.1. The second kappa shape index (κ2) is 5.06. The molecule has 0 aliphatic carbocycles. The van der Waals surface area contributed by atoms with Crippen LogP contribution in [-0.4, -0.2) is 10.9 Å². The van der Waals surface area contributed by atoms with Crippen molar-refractivity contribution in [2.24, 2.45) is 0 Å². The lowest BCUT2D eigenvalue weighted by Gasteiger charge is -2.09. The number of halogens is 1. The van der Waals surface area contributed by atoms with Gasteiger partial charge in [0.2, 0.25) is 0 Å². The van der Waals surface area contributed by atoms with E-state index in [9.17, 15) is 4.79 Å². The Morgan fingerprint density at radius 1 is 1.39 bits per heavy atom. The van der Waals surface area contributed by atoms with E-state index in [-0.39, 0.29) is 5.91 Å². The number of hydrogen-bond donors (Lipinski definition) is 2. The predicted octanol–water partition coefficient (Wildman–Crippen LogP) is 2.88. The summed E-state index contributed by atoms with van der Waals surface area (Å²) < 4.78 is 0. The van der Waals surface area contributed by atoms with E-state index in [2.05, 4.69) is 10.3 Å². The molecular weight excluding hydrogens is 250 g/mol. The van der Waals surface area contributed by atoms with Gasteiger partial charge in [0.15, 0.2) is 0 Å². The van der Waals surface area contributed by atoms with Crippen LogP contribution in [0.4, 0.5) is 11.4 Å². The fourth-order valence-corrected chi connectivity index (χ4v) is 1.75. The quantitative estimate of drug-likeness (QED) is 0.645. The van der Waals surface area contributed by atoms with E-state index in [0.29, 0.717) is 22.1 Å². The highest BCUT2D eigenvalue weighted by Crippen LogP contribution is 2.18. The molecule has 5 heteroatoms. The number of carbonyl (C=O) groups excluding carboxylic acids is 1. The average molecular weight is 262 g/mol. The first kappa shape index (κ1) is 12.4. The first-order valence-electron chi connectivity index (χ1n) is 5.36. The van der Waals surface area contributed by atoms with Gasteiger partial charge in [-0.15, -0.1) is 0 Å².